The smallest absolute Gasteiger partial charge is 0.411 e. The van der Waals surface area contributed by atoms with Crippen molar-refractivity contribution in [2.24, 2.45) is 0 Å². The number of anilines is 1. The Balaban J connectivity index is 3.09. The second-order valence-electron chi connectivity index (χ2n) is 2.59. The minimum Gasteiger partial charge on any atom is -0.493 e. The van der Waals surface area contributed by atoms with Gasteiger partial charge in [0.15, 0.2) is 5.75 Å². The van der Waals surface area contributed by atoms with Crippen molar-refractivity contribution in [3.05, 3.63) is 22.2 Å². The summed E-state index contributed by atoms with van der Waals surface area (Å²) in [6.07, 6.45) is -0.619. The Morgan fingerprint density at radius 2 is 2.00 bits per heavy atom. The van der Waals surface area contributed by atoms with Crippen LogP contribution in [0.15, 0.2) is 12.1 Å². The lowest BCUT2D eigenvalue weighted by Crippen LogP contribution is -2.11. The Hall–Kier alpha value is -1.13. The van der Waals surface area contributed by atoms with Crippen molar-refractivity contribution in [3.63, 3.8) is 0 Å². The molecule has 0 aromatic heterocycles. The van der Waals surface area contributed by atoms with Crippen LogP contribution in [0, 0.1) is 0 Å². The number of carbonyl (C=O) groups is 1. The molecule has 0 heterocycles. The number of nitrogens with one attached hydrogen (secondary N) is 1. The Morgan fingerprint density at radius 1 is 1.33 bits per heavy atom. The SMILES string of the molecule is COC(=O)Nc1cc(Cl)cc(Cl)c1OC. The van der Waals surface area contributed by atoms with Gasteiger partial charge in [-0.25, -0.2) is 4.79 Å². The maximum Gasteiger partial charge on any atom is 0.411 e. The van der Waals surface area contributed by atoms with E-state index in [1.54, 1.807) is 0 Å². The molecule has 4 nitrogen and oxygen atoms in total. The van der Waals surface area contributed by atoms with Gasteiger partial charge >= 0.3 is 6.09 Å². The van der Waals surface area contributed by atoms with Crippen LogP contribution >= 0.6 is 23.2 Å². The zero-order valence-corrected chi connectivity index (χ0v) is 9.65. The predicted octanol–water partition coefficient (Wildman–Crippen LogP) is 3.18. The van der Waals surface area contributed by atoms with E-state index >= 15 is 0 Å². The van der Waals surface area contributed by atoms with Gasteiger partial charge in [0.05, 0.1) is 24.9 Å². The summed E-state index contributed by atoms with van der Waals surface area (Å²) in [5.41, 5.74) is 0.363. The Bertz CT molecular complexity index is 382. The minimum atomic E-state index is -0.619. The Labute approximate surface area is 97.1 Å². The summed E-state index contributed by atoms with van der Waals surface area (Å²) < 4.78 is 9.46. The number of amides is 1. The molecule has 0 saturated carbocycles. The van der Waals surface area contributed by atoms with E-state index in [1.165, 1.54) is 26.4 Å². The molecule has 0 bridgehead atoms. The molecule has 1 amide bonds. The molecule has 6 heteroatoms. The third kappa shape index (κ3) is 2.91. The molecule has 0 spiro atoms. The molecule has 0 atom stereocenters. The first-order valence-corrected chi connectivity index (χ1v) is 4.72. The van der Waals surface area contributed by atoms with Gasteiger partial charge in [0.2, 0.25) is 0 Å². The quantitative estimate of drug-likeness (QED) is 0.876. The molecule has 0 saturated heterocycles. The first kappa shape index (κ1) is 11.9. The lowest BCUT2D eigenvalue weighted by molar-refractivity contribution is 0.187. The molecule has 0 aliphatic carbocycles. The van der Waals surface area contributed by atoms with Crippen LogP contribution in [-0.2, 0) is 4.74 Å². The number of carbonyl (C=O) groups excluding carboxylic acids is 1. The van der Waals surface area contributed by atoms with E-state index in [-0.39, 0.29) is 0 Å². The van der Waals surface area contributed by atoms with Crippen LogP contribution in [-0.4, -0.2) is 20.3 Å². The van der Waals surface area contributed by atoms with Gasteiger partial charge in [0.25, 0.3) is 0 Å². The van der Waals surface area contributed by atoms with Gasteiger partial charge in [-0.2, -0.15) is 0 Å². The molecule has 1 rings (SSSR count). The summed E-state index contributed by atoms with van der Waals surface area (Å²) >= 11 is 11.6. The fourth-order valence-corrected chi connectivity index (χ4v) is 1.59. The van der Waals surface area contributed by atoms with E-state index in [9.17, 15) is 4.79 Å². The molecule has 15 heavy (non-hydrogen) atoms. The summed E-state index contributed by atoms with van der Waals surface area (Å²) in [4.78, 5) is 11.0. The number of benzene rings is 1. The zero-order valence-electron chi connectivity index (χ0n) is 8.14. The standard InChI is InChI=1S/C9H9Cl2NO3/c1-14-8-6(11)3-5(10)4-7(8)12-9(13)15-2/h3-4H,1-2H3,(H,12,13). The topological polar surface area (TPSA) is 47.6 Å². The fourth-order valence-electron chi connectivity index (χ4n) is 1.02. The van der Waals surface area contributed by atoms with Crippen molar-refractivity contribution < 1.29 is 14.3 Å². The molecule has 1 aromatic carbocycles. The van der Waals surface area contributed by atoms with Gasteiger partial charge in [-0.3, -0.25) is 5.32 Å². The first-order valence-electron chi connectivity index (χ1n) is 3.96. The summed E-state index contributed by atoms with van der Waals surface area (Å²) in [7, 11) is 2.70. The van der Waals surface area contributed by atoms with Crippen molar-refractivity contribution in [1.82, 2.24) is 0 Å². The van der Waals surface area contributed by atoms with Crippen LogP contribution in [0.4, 0.5) is 10.5 Å². The molecule has 0 aliphatic heterocycles. The highest BCUT2D eigenvalue weighted by molar-refractivity contribution is 6.36. The normalized spacial score (nSPS) is 9.60. The van der Waals surface area contributed by atoms with E-state index in [4.69, 9.17) is 27.9 Å². The van der Waals surface area contributed by atoms with E-state index in [1.807, 2.05) is 0 Å². The molecule has 0 fully saturated rings. The molecule has 1 aromatic rings. The van der Waals surface area contributed by atoms with Gasteiger partial charge in [0.1, 0.15) is 0 Å². The van der Waals surface area contributed by atoms with Crippen LogP contribution in [0.3, 0.4) is 0 Å². The number of halogens is 2. The zero-order chi connectivity index (χ0) is 11.4. The minimum absolute atomic E-state index is 0.316. The molecule has 0 aliphatic rings. The van der Waals surface area contributed by atoms with E-state index in [0.29, 0.717) is 21.5 Å². The second-order valence-corrected chi connectivity index (χ2v) is 3.43. The lowest BCUT2D eigenvalue weighted by Gasteiger charge is -2.11. The van der Waals surface area contributed by atoms with Crippen LogP contribution in [0.25, 0.3) is 0 Å². The van der Waals surface area contributed by atoms with Crippen LogP contribution in [0.5, 0.6) is 5.75 Å². The summed E-state index contributed by atoms with van der Waals surface area (Å²) in [6, 6.07) is 3.04. The average Bonchev–Trinajstić information content (AvgIpc) is 2.17. The third-order valence-corrected chi connectivity index (χ3v) is 2.13. The second kappa shape index (κ2) is 5.09. The molecule has 82 valence electrons. The number of hydrogen-bond donors (Lipinski definition) is 1. The number of methoxy groups -OCH3 is 2. The largest absolute Gasteiger partial charge is 0.493 e. The maximum absolute atomic E-state index is 11.0. The fraction of sp³-hybridized carbons (Fsp3) is 0.222. The summed E-state index contributed by atoms with van der Waals surface area (Å²) in [5, 5.41) is 3.15. The van der Waals surface area contributed by atoms with Crippen molar-refractivity contribution in [2.45, 2.75) is 0 Å². The van der Waals surface area contributed by atoms with E-state index < -0.39 is 6.09 Å². The van der Waals surface area contributed by atoms with Crippen LogP contribution in [0.1, 0.15) is 0 Å². The van der Waals surface area contributed by atoms with Crippen molar-refractivity contribution in [2.75, 3.05) is 19.5 Å². The van der Waals surface area contributed by atoms with Crippen molar-refractivity contribution in [3.8, 4) is 5.75 Å². The average molecular weight is 250 g/mol. The highest BCUT2D eigenvalue weighted by Gasteiger charge is 2.12. The lowest BCUT2D eigenvalue weighted by atomic mass is 10.3. The van der Waals surface area contributed by atoms with Gasteiger partial charge in [-0.1, -0.05) is 23.2 Å². The van der Waals surface area contributed by atoms with E-state index in [0.717, 1.165) is 0 Å². The molecular weight excluding hydrogens is 241 g/mol. The van der Waals surface area contributed by atoms with Crippen LogP contribution in [0.2, 0.25) is 10.0 Å². The molecule has 1 N–H and O–H groups in total. The maximum atomic E-state index is 11.0. The van der Waals surface area contributed by atoms with Gasteiger partial charge in [-0.15, -0.1) is 0 Å². The number of hydrogen-bond acceptors (Lipinski definition) is 3. The third-order valence-electron chi connectivity index (χ3n) is 1.63. The van der Waals surface area contributed by atoms with Crippen molar-refractivity contribution >= 4 is 35.0 Å². The Morgan fingerprint density at radius 3 is 2.53 bits per heavy atom. The van der Waals surface area contributed by atoms with Gasteiger partial charge < -0.3 is 9.47 Å². The predicted molar refractivity (Wildman–Crippen MR) is 59.0 cm³/mol. The monoisotopic (exact) mass is 249 g/mol. The Kier molecular flexibility index (Phi) is 4.05. The van der Waals surface area contributed by atoms with E-state index in [2.05, 4.69) is 10.1 Å². The van der Waals surface area contributed by atoms with Crippen molar-refractivity contribution in [1.29, 1.82) is 0 Å². The van der Waals surface area contributed by atoms with Gasteiger partial charge in [0, 0.05) is 5.02 Å². The van der Waals surface area contributed by atoms with Gasteiger partial charge in [-0.05, 0) is 12.1 Å². The first-order chi connectivity index (χ1) is 7.08. The molecule has 0 unspecified atom stereocenters. The summed E-state index contributed by atoms with van der Waals surface area (Å²) in [5.74, 6) is 0.339. The summed E-state index contributed by atoms with van der Waals surface area (Å²) in [6.45, 7) is 0. The highest BCUT2D eigenvalue weighted by Crippen LogP contribution is 2.35. The number of rotatable bonds is 2. The molecular formula is C9H9Cl2NO3. The molecule has 0 radical (unpaired) electrons. The highest BCUT2D eigenvalue weighted by atomic mass is 35.5. The van der Waals surface area contributed by atoms with Crippen LogP contribution < -0.4 is 10.1 Å². The number of ether oxygens (including phenoxy) is 2.